The topological polar surface area (TPSA) is 50.2 Å². The fourth-order valence-corrected chi connectivity index (χ4v) is 2.30. The zero-order valence-electron chi connectivity index (χ0n) is 13.3. The van der Waals surface area contributed by atoms with Crippen LogP contribution in [-0.4, -0.2) is 16.1 Å². The van der Waals surface area contributed by atoms with Gasteiger partial charge in [-0.2, -0.15) is 0 Å². The molecular weight excluding hydrogens is 298 g/mol. The van der Waals surface area contributed by atoms with Crippen molar-refractivity contribution in [1.82, 2.24) is 4.98 Å². The van der Waals surface area contributed by atoms with Gasteiger partial charge in [-0.1, -0.05) is 57.2 Å². The van der Waals surface area contributed by atoms with Crippen LogP contribution in [0.4, 0.5) is 0 Å². The van der Waals surface area contributed by atoms with E-state index in [0.717, 1.165) is 28.8 Å². The van der Waals surface area contributed by atoms with Gasteiger partial charge in [-0.25, -0.2) is 0 Å². The molecule has 0 spiro atoms. The van der Waals surface area contributed by atoms with Crippen molar-refractivity contribution in [3.05, 3.63) is 41.6 Å². The molecule has 1 unspecified atom stereocenters. The molecule has 0 fully saturated rings. The summed E-state index contributed by atoms with van der Waals surface area (Å²) in [7, 11) is 0. The number of carboxylic acid groups (broad SMARTS) is 1. The van der Waals surface area contributed by atoms with Crippen LogP contribution >= 0.6 is 11.6 Å². The molecule has 0 aliphatic heterocycles. The van der Waals surface area contributed by atoms with Crippen LogP contribution in [0, 0.1) is 5.92 Å². The van der Waals surface area contributed by atoms with Crippen molar-refractivity contribution in [2.24, 2.45) is 5.92 Å². The number of benzene rings is 1. The Morgan fingerprint density at radius 2 is 2.00 bits per heavy atom. The minimum absolute atomic E-state index is 0.160. The molecule has 0 saturated heterocycles. The van der Waals surface area contributed by atoms with E-state index in [2.05, 4.69) is 11.9 Å². The lowest BCUT2D eigenvalue weighted by Gasteiger charge is -2.04. The van der Waals surface area contributed by atoms with Gasteiger partial charge in [-0.3, -0.25) is 9.78 Å². The minimum atomic E-state index is -0.665. The number of rotatable bonds is 6. The van der Waals surface area contributed by atoms with E-state index in [-0.39, 0.29) is 5.92 Å². The van der Waals surface area contributed by atoms with Gasteiger partial charge in [-0.15, -0.1) is 0 Å². The summed E-state index contributed by atoms with van der Waals surface area (Å²) in [6, 6.07) is 9.56. The molecule has 1 aromatic heterocycles. The fourth-order valence-electron chi connectivity index (χ4n) is 2.07. The summed E-state index contributed by atoms with van der Waals surface area (Å²) in [5.74, 6) is -0.826. The molecule has 0 aliphatic rings. The summed E-state index contributed by atoms with van der Waals surface area (Å²) in [6.07, 6.45) is 7.26. The van der Waals surface area contributed by atoms with Gasteiger partial charge in [0.2, 0.25) is 0 Å². The second-order valence-corrected chi connectivity index (χ2v) is 5.81. The van der Waals surface area contributed by atoms with E-state index in [1.165, 1.54) is 19.3 Å². The van der Waals surface area contributed by atoms with Crippen molar-refractivity contribution in [2.75, 3.05) is 0 Å². The molecule has 22 heavy (non-hydrogen) atoms. The Morgan fingerprint density at radius 3 is 2.64 bits per heavy atom. The Hall–Kier alpha value is -1.61. The highest BCUT2D eigenvalue weighted by Gasteiger charge is 2.08. The smallest absolute Gasteiger partial charge is 0.306 e. The highest BCUT2D eigenvalue weighted by atomic mass is 35.5. The SMILES string of the molecule is CCCCCCC(C)C(=O)O.Clc1cccc2ncccc12. The Bertz CT molecular complexity index is 581. The van der Waals surface area contributed by atoms with Crippen molar-refractivity contribution in [1.29, 1.82) is 0 Å². The number of unbranched alkanes of at least 4 members (excludes halogenated alkanes) is 3. The fraction of sp³-hybridized carbons (Fsp3) is 0.444. The standard InChI is InChI=1S/C9H6ClN.C9H18O2/c10-8-4-1-5-9-7(8)3-2-6-11-9;1-3-4-5-6-7-8(2)9(10)11/h1-6H;8H,3-7H2,1-2H3,(H,10,11). The summed E-state index contributed by atoms with van der Waals surface area (Å²) in [5.41, 5.74) is 0.944. The first kappa shape index (κ1) is 18.4. The number of hydrogen-bond donors (Lipinski definition) is 1. The number of halogens is 1. The van der Waals surface area contributed by atoms with Gasteiger partial charge in [0.15, 0.2) is 0 Å². The predicted octanol–water partition coefficient (Wildman–Crippen LogP) is 5.57. The Morgan fingerprint density at radius 1 is 1.23 bits per heavy atom. The van der Waals surface area contributed by atoms with Gasteiger partial charge in [0, 0.05) is 16.6 Å². The Labute approximate surface area is 137 Å². The molecular formula is C18H24ClNO2. The molecule has 4 heteroatoms. The average Bonchev–Trinajstić information content (AvgIpc) is 2.52. The number of aliphatic carboxylic acids is 1. The van der Waals surface area contributed by atoms with E-state index in [9.17, 15) is 4.79 Å². The molecule has 0 bridgehead atoms. The highest BCUT2D eigenvalue weighted by molar-refractivity contribution is 6.35. The van der Waals surface area contributed by atoms with Crippen molar-refractivity contribution in [3.63, 3.8) is 0 Å². The van der Waals surface area contributed by atoms with Crippen molar-refractivity contribution in [2.45, 2.75) is 46.0 Å². The average molecular weight is 322 g/mol. The highest BCUT2D eigenvalue weighted by Crippen LogP contribution is 2.20. The molecule has 0 saturated carbocycles. The van der Waals surface area contributed by atoms with Crippen LogP contribution in [-0.2, 0) is 4.79 Å². The summed E-state index contributed by atoms with van der Waals surface area (Å²) >= 11 is 5.92. The molecule has 1 aromatic carbocycles. The number of pyridine rings is 1. The van der Waals surface area contributed by atoms with E-state index in [4.69, 9.17) is 16.7 Å². The second-order valence-electron chi connectivity index (χ2n) is 5.40. The number of aromatic nitrogens is 1. The van der Waals surface area contributed by atoms with Crippen molar-refractivity contribution < 1.29 is 9.90 Å². The monoisotopic (exact) mass is 321 g/mol. The maximum atomic E-state index is 10.4. The molecule has 2 rings (SSSR count). The lowest BCUT2D eigenvalue weighted by atomic mass is 10.0. The van der Waals surface area contributed by atoms with Crippen LogP contribution in [0.3, 0.4) is 0 Å². The number of carbonyl (C=O) groups is 1. The van der Waals surface area contributed by atoms with Crippen LogP contribution in [0.15, 0.2) is 36.5 Å². The first-order valence-corrected chi connectivity index (χ1v) is 8.16. The van der Waals surface area contributed by atoms with Crippen LogP contribution < -0.4 is 0 Å². The Balaban J connectivity index is 0.000000220. The van der Waals surface area contributed by atoms with E-state index in [1.54, 1.807) is 13.1 Å². The third-order valence-electron chi connectivity index (χ3n) is 3.50. The van der Waals surface area contributed by atoms with Crippen molar-refractivity contribution >= 4 is 28.5 Å². The first-order chi connectivity index (χ1) is 10.6. The molecule has 0 amide bonds. The third kappa shape index (κ3) is 6.44. The van der Waals surface area contributed by atoms with Crippen molar-refractivity contribution in [3.8, 4) is 0 Å². The molecule has 0 aliphatic carbocycles. The number of hydrogen-bond acceptors (Lipinski definition) is 2. The first-order valence-electron chi connectivity index (χ1n) is 7.78. The molecule has 0 radical (unpaired) electrons. The number of fused-ring (bicyclic) bond motifs is 1. The van der Waals surface area contributed by atoms with Crippen LogP contribution in [0.1, 0.15) is 46.0 Å². The van der Waals surface area contributed by atoms with Gasteiger partial charge in [-0.05, 0) is 30.7 Å². The lowest BCUT2D eigenvalue weighted by Crippen LogP contribution is -2.08. The van der Waals surface area contributed by atoms with E-state index >= 15 is 0 Å². The van der Waals surface area contributed by atoms with Crippen LogP contribution in [0.25, 0.3) is 10.9 Å². The van der Waals surface area contributed by atoms with Crippen LogP contribution in [0.2, 0.25) is 5.02 Å². The second kappa shape index (κ2) is 10.2. The molecule has 1 heterocycles. The largest absolute Gasteiger partial charge is 0.481 e. The zero-order chi connectivity index (χ0) is 16.4. The quantitative estimate of drug-likeness (QED) is 0.708. The molecule has 1 atom stereocenters. The zero-order valence-corrected chi connectivity index (χ0v) is 14.0. The summed E-state index contributed by atoms with van der Waals surface area (Å²) < 4.78 is 0. The predicted molar refractivity (Wildman–Crippen MR) is 92.3 cm³/mol. The lowest BCUT2D eigenvalue weighted by molar-refractivity contribution is -0.141. The van der Waals surface area contributed by atoms with Gasteiger partial charge in [0.25, 0.3) is 0 Å². The Kier molecular flexibility index (Phi) is 8.53. The maximum Gasteiger partial charge on any atom is 0.306 e. The van der Waals surface area contributed by atoms with E-state index < -0.39 is 5.97 Å². The molecule has 2 aromatic rings. The normalized spacial score (nSPS) is 11.6. The molecule has 1 N–H and O–H groups in total. The van der Waals surface area contributed by atoms with Gasteiger partial charge >= 0.3 is 5.97 Å². The van der Waals surface area contributed by atoms with Crippen LogP contribution in [0.5, 0.6) is 0 Å². The summed E-state index contributed by atoms with van der Waals surface area (Å²) in [6.45, 7) is 3.93. The third-order valence-corrected chi connectivity index (χ3v) is 3.83. The maximum absolute atomic E-state index is 10.4. The summed E-state index contributed by atoms with van der Waals surface area (Å²) in [5, 5.41) is 10.3. The minimum Gasteiger partial charge on any atom is -0.481 e. The van der Waals surface area contributed by atoms with Gasteiger partial charge in [0.05, 0.1) is 11.4 Å². The molecule has 120 valence electrons. The number of nitrogens with zero attached hydrogens (tertiary/aromatic N) is 1. The summed E-state index contributed by atoms with van der Waals surface area (Å²) in [4.78, 5) is 14.5. The number of carboxylic acids is 1. The van der Waals surface area contributed by atoms with E-state index in [1.807, 2.05) is 30.3 Å². The molecule has 3 nitrogen and oxygen atoms in total. The van der Waals surface area contributed by atoms with Gasteiger partial charge < -0.3 is 5.11 Å². The van der Waals surface area contributed by atoms with Gasteiger partial charge in [0.1, 0.15) is 0 Å². The van der Waals surface area contributed by atoms with E-state index in [0.29, 0.717) is 0 Å².